The van der Waals surface area contributed by atoms with Crippen LogP contribution in [-0.2, 0) is 10.0 Å². The lowest BCUT2D eigenvalue weighted by atomic mass is 10.2. The van der Waals surface area contributed by atoms with Gasteiger partial charge in [0.15, 0.2) is 5.11 Å². The van der Waals surface area contributed by atoms with E-state index in [9.17, 15) is 8.42 Å². The molecule has 8 heteroatoms. The number of nitrogens with zero attached hydrogens (tertiary/aromatic N) is 2. The minimum atomic E-state index is -3.63. The van der Waals surface area contributed by atoms with E-state index >= 15 is 0 Å². The summed E-state index contributed by atoms with van der Waals surface area (Å²) in [6.45, 7) is 0. The summed E-state index contributed by atoms with van der Waals surface area (Å²) >= 11 is 4.66. The molecule has 0 atom stereocenters. The minimum absolute atomic E-state index is 0.0763. The van der Waals surface area contributed by atoms with E-state index < -0.39 is 10.0 Å². The quantitative estimate of drug-likeness (QED) is 0.423. The maximum absolute atomic E-state index is 12.7. The first-order chi connectivity index (χ1) is 11.5. The zero-order chi connectivity index (χ0) is 17.2. The van der Waals surface area contributed by atoms with Crippen LogP contribution in [0.4, 0.5) is 0 Å². The van der Waals surface area contributed by atoms with E-state index in [2.05, 4.69) is 22.7 Å². The Hall–Kier alpha value is -2.71. The second-order valence-corrected chi connectivity index (χ2v) is 7.24. The molecule has 0 fully saturated rings. The van der Waals surface area contributed by atoms with Crippen molar-refractivity contribution < 1.29 is 8.42 Å². The largest absolute Gasteiger partial charge is 0.375 e. The fourth-order valence-corrected chi connectivity index (χ4v) is 3.73. The molecule has 6 nitrogen and oxygen atoms in total. The first-order valence-corrected chi connectivity index (χ1v) is 8.83. The number of benzene rings is 2. The number of hydrogen-bond donors (Lipinski definition) is 2. The van der Waals surface area contributed by atoms with Gasteiger partial charge in [-0.1, -0.05) is 24.3 Å². The van der Waals surface area contributed by atoms with Crippen molar-refractivity contribution in [2.45, 2.75) is 4.90 Å². The molecule has 0 aliphatic heterocycles. The molecule has 3 N–H and O–H groups in total. The molecule has 1 aromatic heterocycles. The zero-order valence-corrected chi connectivity index (χ0v) is 14.1. The van der Waals surface area contributed by atoms with E-state index in [4.69, 9.17) is 5.73 Å². The molecule has 0 saturated carbocycles. The third-order valence-electron chi connectivity index (χ3n) is 3.37. The molecule has 0 spiro atoms. The van der Waals surface area contributed by atoms with Gasteiger partial charge >= 0.3 is 0 Å². The van der Waals surface area contributed by atoms with Gasteiger partial charge in [-0.25, -0.2) is 12.4 Å². The third kappa shape index (κ3) is 3.15. The minimum Gasteiger partial charge on any atom is -0.375 e. The van der Waals surface area contributed by atoms with Crippen molar-refractivity contribution in [3.05, 3.63) is 66.4 Å². The highest BCUT2D eigenvalue weighted by Crippen LogP contribution is 2.22. The van der Waals surface area contributed by atoms with E-state index in [0.717, 1.165) is 10.9 Å². The Labute approximate surface area is 144 Å². The van der Waals surface area contributed by atoms with Crippen LogP contribution in [0.3, 0.4) is 0 Å². The predicted molar refractivity (Wildman–Crippen MR) is 98.5 cm³/mol. The second-order valence-electron chi connectivity index (χ2n) is 4.98. The van der Waals surface area contributed by atoms with Crippen molar-refractivity contribution in [2.24, 2.45) is 10.8 Å². The number of nitrogens with one attached hydrogen (secondary N) is 1. The first kappa shape index (κ1) is 16.2. The van der Waals surface area contributed by atoms with E-state index in [1.807, 2.05) is 6.07 Å². The Morgan fingerprint density at radius 1 is 1.17 bits per heavy atom. The second kappa shape index (κ2) is 6.42. The zero-order valence-electron chi connectivity index (χ0n) is 12.5. The molecule has 0 amide bonds. The average molecular weight is 358 g/mol. The predicted octanol–water partition coefficient (Wildman–Crippen LogP) is 2.05. The van der Waals surface area contributed by atoms with Crippen molar-refractivity contribution in [1.82, 2.24) is 9.40 Å². The van der Waals surface area contributed by atoms with Crippen molar-refractivity contribution in [1.29, 1.82) is 0 Å². The fourth-order valence-electron chi connectivity index (χ4n) is 2.30. The van der Waals surface area contributed by atoms with Crippen molar-refractivity contribution >= 4 is 44.5 Å². The molecule has 0 saturated heterocycles. The molecule has 0 unspecified atom stereocenters. The third-order valence-corrected chi connectivity index (χ3v) is 5.16. The smallest absolute Gasteiger partial charge is 0.268 e. The van der Waals surface area contributed by atoms with Crippen LogP contribution in [0.15, 0.2) is 70.8 Å². The summed E-state index contributed by atoms with van der Waals surface area (Å²) in [5.41, 5.74) is 9.15. The first-order valence-electron chi connectivity index (χ1n) is 6.99. The molecule has 0 bridgehead atoms. The summed E-state index contributed by atoms with van der Waals surface area (Å²) in [6.07, 6.45) is 3.10. The summed E-state index contributed by atoms with van der Waals surface area (Å²) < 4.78 is 26.7. The molecule has 0 aliphatic rings. The summed E-state index contributed by atoms with van der Waals surface area (Å²) in [6, 6.07) is 15.4. The number of fused-ring (bicyclic) bond motifs is 1. The van der Waals surface area contributed by atoms with E-state index in [0.29, 0.717) is 5.52 Å². The molecule has 0 aliphatic carbocycles. The lowest BCUT2D eigenvalue weighted by molar-refractivity contribution is 0.589. The highest BCUT2D eigenvalue weighted by molar-refractivity contribution is 7.90. The van der Waals surface area contributed by atoms with Gasteiger partial charge in [0.05, 0.1) is 16.6 Å². The summed E-state index contributed by atoms with van der Waals surface area (Å²) in [5, 5.41) is 4.75. The van der Waals surface area contributed by atoms with Gasteiger partial charge in [-0.15, -0.1) is 0 Å². The van der Waals surface area contributed by atoms with E-state index in [1.165, 1.54) is 3.97 Å². The van der Waals surface area contributed by atoms with Crippen LogP contribution in [-0.4, -0.2) is 23.7 Å². The van der Waals surface area contributed by atoms with Crippen LogP contribution < -0.4 is 11.2 Å². The van der Waals surface area contributed by atoms with Crippen molar-refractivity contribution in [2.75, 3.05) is 0 Å². The summed E-state index contributed by atoms with van der Waals surface area (Å²) in [4.78, 5) is 0.244. The lowest BCUT2D eigenvalue weighted by Crippen LogP contribution is -2.23. The molecule has 3 rings (SSSR count). The number of aromatic nitrogens is 1. The summed E-state index contributed by atoms with van der Waals surface area (Å²) in [5.74, 6) is 0. The number of thiocarbonyl (C=S) groups is 1. The van der Waals surface area contributed by atoms with Gasteiger partial charge in [-0.3, -0.25) is 5.43 Å². The standard InChI is InChI=1S/C16H14N4O2S2/c17-16(23)19-18-11-12-6-7-15-13(10-12)8-9-20(15)24(21,22)14-4-2-1-3-5-14/h1-11H,(H3,17,19,23). The van der Waals surface area contributed by atoms with Crippen molar-refractivity contribution in [3.8, 4) is 0 Å². The van der Waals surface area contributed by atoms with E-state index in [1.54, 1.807) is 60.9 Å². The topological polar surface area (TPSA) is 89.5 Å². The van der Waals surface area contributed by atoms with Crippen molar-refractivity contribution in [3.63, 3.8) is 0 Å². The van der Waals surface area contributed by atoms with Crippen LogP contribution in [0.25, 0.3) is 10.9 Å². The summed E-state index contributed by atoms with van der Waals surface area (Å²) in [7, 11) is -3.63. The Morgan fingerprint density at radius 3 is 2.62 bits per heavy atom. The fraction of sp³-hybridized carbons (Fsp3) is 0. The molecule has 0 radical (unpaired) electrons. The highest BCUT2D eigenvalue weighted by Gasteiger charge is 2.18. The van der Waals surface area contributed by atoms with Gasteiger partial charge < -0.3 is 5.73 Å². The maximum atomic E-state index is 12.7. The molecule has 3 aromatic rings. The Bertz CT molecular complexity index is 1020. The molecule has 24 heavy (non-hydrogen) atoms. The normalized spacial score (nSPS) is 11.8. The van der Waals surface area contributed by atoms with Gasteiger partial charge in [0.2, 0.25) is 0 Å². The van der Waals surface area contributed by atoms with Gasteiger partial charge in [0, 0.05) is 11.6 Å². The average Bonchev–Trinajstić information content (AvgIpc) is 2.99. The monoisotopic (exact) mass is 358 g/mol. The van der Waals surface area contributed by atoms with Crippen LogP contribution in [0.2, 0.25) is 0 Å². The Balaban J connectivity index is 2.00. The maximum Gasteiger partial charge on any atom is 0.268 e. The molecular weight excluding hydrogens is 344 g/mol. The lowest BCUT2D eigenvalue weighted by Gasteiger charge is -2.07. The molecular formula is C16H14N4O2S2. The number of hydrogen-bond acceptors (Lipinski definition) is 4. The van der Waals surface area contributed by atoms with E-state index in [-0.39, 0.29) is 10.0 Å². The highest BCUT2D eigenvalue weighted by atomic mass is 32.2. The number of hydrazone groups is 1. The Morgan fingerprint density at radius 2 is 1.92 bits per heavy atom. The van der Waals surface area contributed by atoms with Gasteiger partial charge in [0.25, 0.3) is 10.0 Å². The molecule has 1 heterocycles. The Kier molecular flexibility index (Phi) is 4.32. The van der Waals surface area contributed by atoms with Gasteiger partial charge in [-0.2, -0.15) is 5.10 Å². The molecule has 2 aromatic carbocycles. The van der Waals surface area contributed by atoms with Crippen LogP contribution >= 0.6 is 12.2 Å². The number of nitrogens with two attached hydrogens (primary N) is 1. The number of rotatable bonds is 4. The van der Waals surface area contributed by atoms with Crippen LogP contribution in [0.1, 0.15) is 5.56 Å². The molecule has 122 valence electrons. The van der Waals surface area contributed by atoms with Gasteiger partial charge in [-0.05, 0) is 48.1 Å². The van der Waals surface area contributed by atoms with Crippen LogP contribution in [0, 0.1) is 0 Å². The van der Waals surface area contributed by atoms with Crippen LogP contribution in [0.5, 0.6) is 0 Å². The SMILES string of the molecule is NC(=S)NN=Cc1ccc2c(ccn2S(=O)(=O)c2ccccc2)c1. The van der Waals surface area contributed by atoms with Gasteiger partial charge in [0.1, 0.15) is 0 Å².